The molecule has 2 rings (SSSR count). The van der Waals surface area contributed by atoms with E-state index in [1.807, 2.05) is 0 Å². The number of alkyl halides is 3. The van der Waals surface area contributed by atoms with Crippen molar-refractivity contribution >= 4 is 17.8 Å². The van der Waals surface area contributed by atoms with Crippen LogP contribution in [0.25, 0.3) is 0 Å². The molecule has 8 heteroatoms. The molecular weight excluding hydrogens is 277 g/mol. The lowest BCUT2D eigenvalue weighted by molar-refractivity contribution is -0.191. The van der Waals surface area contributed by atoms with Crippen molar-refractivity contribution in [3.05, 3.63) is 35.4 Å². The van der Waals surface area contributed by atoms with Crippen LogP contribution >= 0.6 is 0 Å². The summed E-state index contributed by atoms with van der Waals surface area (Å²) >= 11 is 0. The number of aliphatic imine (C=N–C) groups is 1. The number of nitrogens with zero attached hydrogens (tertiary/aromatic N) is 1. The molecule has 1 atom stereocenters. The molecule has 0 saturated heterocycles. The molecule has 1 heterocycles. The van der Waals surface area contributed by atoms with E-state index in [2.05, 4.69) is 9.73 Å². The number of primary amides is 1. The zero-order valence-electron chi connectivity index (χ0n) is 9.98. The average Bonchev–Trinajstić information content (AvgIpc) is 2.37. The quantitative estimate of drug-likeness (QED) is 0.780. The zero-order valence-corrected chi connectivity index (χ0v) is 9.98. The molecule has 1 amide bonds. The predicted octanol–water partition coefficient (Wildman–Crippen LogP) is 0.949. The summed E-state index contributed by atoms with van der Waals surface area (Å²) < 4.78 is 40.9. The fourth-order valence-electron chi connectivity index (χ4n) is 1.76. The Hall–Kier alpha value is -2.38. The lowest BCUT2D eigenvalue weighted by Gasteiger charge is -2.21. The highest BCUT2D eigenvalue weighted by Crippen LogP contribution is 2.23. The first-order valence-corrected chi connectivity index (χ1v) is 5.53. The molecule has 1 aliphatic rings. The molecule has 0 saturated carbocycles. The smallest absolute Gasteiger partial charge is 0.400 e. The Morgan fingerprint density at radius 1 is 1.30 bits per heavy atom. The Balaban J connectivity index is 2.37. The van der Waals surface area contributed by atoms with Gasteiger partial charge in [0, 0.05) is 12.0 Å². The van der Waals surface area contributed by atoms with Gasteiger partial charge in [-0.05, 0) is 11.6 Å². The third-order valence-corrected chi connectivity index (χ3v) is 2.68. The van der Waals surface area contributed by atoms with Crippen LogP contribution in [-0.2, 0) is 20.7 Å². The van der Waals surface area contributed by atoms with Crippen molar-refractivity contribution in [3.63, 3.8) is 0 Å². The maximum absolute atomic E-state index is 12.2. The number of fused-ring (bicyclic) bond motifs is 1. The van der Waals surface area contributed by atoms with Gasteiger partial charge in [0.2, 0.25) is 11.8 Å². The summed E-state index contributed by atoms with van der Waals surface area (Å²) in [5.74, 6) is -3.74. The first-order valence-electron chi connectivity index (χ1n) is 5.53. The van der Waals surface area contributed by atoms with Crippen molar-refractivity contribution in [2.45, 2.75) is 18.6 Å². The van der Waals surface area contributed by atoms with Crippen LogP contribution in [0.4, 0.5) is 13.2 Å². The van der Waals surface area contributed by atoms with Gasteiger partial charge in [-0.2, -0.15) is 13.2 Å². The lowest BCUT2D eigenvalue weighted by Crippen LogP contribution is -2.36. The molecule has 0 aromatic heterocycles. The number of esters is 1. The molecule has 1 unspecified atom stereocenters. The highest BCUT2D eigenvalue weighted by molar-refractivity contribution is 6.04. The molecule has 0 fully saturated rings. The standard InChI is InChI=1S/C12H9F3N2O3/c13-12(14,15)11(19)20-10-7-4-2-1-3-6(7)5-8(17-10)9(16)18/h1-4,8H,5H2,(H2,16,18). The molecule has 5 nitrogen and oxygen atoms in total. The average molecular weight is 286 g/mol. The van der Waals surface area contributed by atoms with Crippen LogP contribution in [0, 0.1) is 0 Å². The molecule has 0 spiro atoms. The van der Waals surface area contributed by atoms with Gasteiger partial charge in [-0.1, -0.05) is 18.2 Å². The molecule has 0 aliphatic carbocycles. The van der Waals surface area contributed by atoms with E-state index in [1.165, 1.54) is 6.07 Å². The van der Waals surface area contributed by atoms with Gasteiger partial charge in [0.1, 0.15) is 6.04 Å². The molecule has 2 N–H and O–H groups in total. The van der Waals surface area contributed by atoms with Crippen LogP contribution in [0.5, 0.6) is 0 Å². The molecule has 106 valence electrons. The van der Waals surface area contributed by atoms with Crippen LogP contribution in [-0.4, -0.2) is 30.0 Å². The third-order valence-electron chi connectivity index (χ3n) is 2.68. The number of hydrogen-bond acceptors (Lipinski definition) is 4. The fraction of sp³-hybridized carbons (Fsp3) is 0.250. The van der Waals surface area contributed by atoms with Crippen LogP contribution in [0.1, 0.15) is 11.1 Å². The van der Waals surface area contributed by atoms with Crippen molar-refractivity contribution in [2.24, 2.45) is 10.7 Å². The second-order valence-electron chi connectivity index (χ2n) is 4.10. The van der Waals surface area contributed by atoms with Gasteiger partial charge in [-0.25, -0.2) is 9.79 Å². The second-order valence-corrected chi connectivity index (χ2v) is 4.10. The van der Waals surface area contributed by atoms with Gasteiger partial charge in [-0.15, -0.1) is 0 Å². The summed E-state index contributed by atoms with van der Waals surface area (Å²) in [6, 6.07) is 5.20. The van der Waals surface area contributed by atoms with E-state index in [4.69, 9.17) is 5.73 Å². The number of benzene rings is 1. The molecule has 0 bridgehead atoms. The Bertz CT molecular complexity index is 596. The number of halogens is 3. The number of amides is 1. The van der Waals surface area contributed by atoms with Crippen LogP contribution in [0.2, 0.25) is 0 Å². The SMILES string of the molecule is NC(=O)C1Cc2ccccc2C(OC(=O)C(F)(F)F)=N1. The number of rotatable bonds is 1. The number of carbonyl (C=O) groups excluding carboxylic acids is 2. The number of nitrogens with two attached hydrogens (primary N) is 1. The van der Waals surface area contributed by atoms with E-state index >= 15 is 0 Å². The third kappa shape index (κ3) is 2.79. The number of carbonyl (C=O) groups is 2. The molecular formula is C12H9F3N2O3. The summed E-state index contributed by atoms with van der Waals surface area (Å²) in [4.78, 5) is 25.7. The molecule has 1 aliphatic heterocycles. The van der Waals surface area contributed by atoms with Gasteiger partial charge < -0.3 is 10.5 Å². The first kappa shape index (κ1) is 14.0. The van der Waals surface area contributed by atoms with Crippen LogP contribution in [0.15, 0.2) is 29.3 Å². The summed E-state index contributed by atoms with van der Waals surface area (Å²) in [5.41, 5.74) is 5.87. The van der Waals surface area contributed by atoms with E-state index in [9.17, 15) is 22.8 Å². The largest absolute Gasteiger partial charge is 0.491 e. The van der Waals surface area contributed by atoms with Crippen LogP contribution in [0.3, 0.4) is 0 Å². The normalized spacial score (nSPS) is 17.9. The topological polar surface area (TPSA) is 81.8 Å². The summed E-state index contributed by atoms with van der Waals surface area (Å²) in [6.07, 6.45) is -4.99. The Kier molecular flexibility index (Phi) is 3.47. The zero-order chi connectivity index (χ0) is 14.9. The van der Waals surface area contributed by atoms with Gasteiger partial charge in [-0.3, -0.25) is 4.79 Å². The first-order chi connectivity index (χ1) is 9.29. The van der Waals surface area contributed by atoms with Crippen molar-refractivity contribution in [1.82, 2.24) is 0 Å². The van der Waals surface area contributed by atoms with Gasteiger partial charge in [0.25, 0.3) is 0 Å². The van der Waals surface area contributed by atoms with E-state index in [1.54, 1.807) is 18.2 Å². The van der Waals surface area contributed by atoms with Crippen molar-refractivity contribution in [1.29, 1.82) is 0 Å². The van der Waals surface area contributed by atoms with Crippen molar-refractivity contribution in [2.75, 3.05) is 0 Å². The van der Waals surface area contributed by atoms with Crippen molar-refractivity contribution in [3.8, 4) is 0 Å². The summed E-state index contributed by atoms with van der Waals surface area (Å²) in [7, 11) is 0. The van der Waals surface area contributed by atoms with E-state index in [0.29, 0.717) is 5.56 Å². The van der Waals surface area contributed by atoms with Crippen LogP contribution < -0.4 is 5.73 Å². The van der Waals surface area contributed by atoms with E-state index < -0.39 is 30.0 Å². The van der Waals surface area contributed by atoms with Gasteiger partial charge in [0.05, 0.1) is 0 Å². The molecule has 1 aromatic rings. The Morgan fingerprint density at radius 2 is 1.95 bits per heavy atom. The Morgan fingerprint density at radius 3 is 2.55 bits per heavy atom. The minimum atomic E-state index is -5.14. The Labute approximate surface area is 111 Å². The maximum Gasteiger partial charge on any atom is 0.491 e. The van der Waals surface area contributed by atoms with Gasteiger partial charge in [0.15, 0.2) is 0 Å². The second kappa shape index (κ2) is 4.95. The molecule has 20 heavy (non-hydrogen) atoms. The summed E-state index contributed by atoms with van der Waals surface area (Å²) in [5, 5.41) is 0. The summed E-state index contributed by atoms with van der Waals surface area (Å²) in [6.45, 7) is 0. The van der Waals surface area contributed by atoms with E-state index in [-0.39, 0.29) is 12.0 Å². The lowest BCUT2D eigenvalue weighted by atomic mass is 9.97. The molecule has 1 aromatic carbocycles. The highest BCUT2D eigenvalue weighted by atomic mass is 19.4. The molecule has 0 radical (unpaired) electrons. The van der Waals surface area contributed by atoms with E-state index in [0.717, 1.165) is 0 Å². The van der Waals surface area contributed by atoms with Gasteiger partial charge >= 0.3 is 12.1 Å². The maximum atomic E-state index is 12.2. The minimum absolute atomic E-state index is 0.151. The predicted molar refractivity (Wildman–Crippen MR) is 61.8 cm³/mol. The monoisotopic (exact) mass is 286 g/mol. The fourth-order valence-corrected chi connectivity index (χ4v) is 1.76. The number of hydrogen-bond donors (Lipinski definition) is 1. The number of ether oxygens (including phenoxy) is 1. The minimum Gasteiger partial charge on any atom is -0.400 e. The highest BCUT2D eigenvalue weighted by Gasteiger charge is 2.43. The van der Waals surface area contributed by atoms with Crippen molar-refractivity contribution < 1.29 is 27.5 Å².